The highest BCUT2D eigenvalue weighted by molar-refractivity contribution is 5.99. The lowest BCUT2D eigenvalue weighted by Crippen LogP contribution is -2.32. The number of dihydropyridines is 1. The minimum atomic E-state index is -0.971. The third kappa shape index (κ3) is 3.39. The molecule has 0 bridgehead atoms. The van der Waals surface area contributed by atoms with E-state index in [0.29, 0.717) is 11.4 Å². The van der Waals surface area contributed by atoms with Crippen LogP contribution < -0.4 is 5.32 Å². The number of methoxy groups -OCH3 is 1. The van der Waals surface area contributed by atoms with Gasteiger partial charge in [-0.3, -0.25) is 10.1 Å². The maximum Gasteiger partial charge on any atom is 0.433 e. The summed E-state index contributed by atoms with van der Waals surface area (Å²) in [5.41, 5.74) is 1.19. The summed E-state index contributed by atoms with van der Waals surface area (Å²) < 4.78 is 15.1. The first kappa shape index (κ1) is 18.2. The van der Waals surface area contributed by atoms with Crippen molar-refractivity contribution in [1.82, 2.24) is 5.32 Å². The molecule has 0 aromatic carbocycles. The Balaban J connectivity index is 2.64. The van der Waals surface area contributed by atoms with Crippen LogP contribution in [-0.2, 0) is 19.1 Å². The molecule has 0 amide bonds. The van der Waals surface area contributed by atoms with E-state index in [1.54, 1.807) is 20.8 Å². The van der Waals surface area contributed by atoms with Gasteiger partial charge >= 0.3 is 17.8 Å². The minimum Gasteiger partial charge on any atom is -0.466 e. The Hall–Kier alpha value is -3.10. The van der Waals surface area contributed by atoms with Crippen molar-refractivity contribution in [2.75, 3.05) is 13.7 Å². The first-order valence-corrected chi connectivity index (χ1v) is 7.49. The van der Waals surface area contributed by atoms with Gasteiger partial charge in [0.1, 0.15) is 10.7 Å². The maximum absolute atomic E-state index is 12.4. The monoisotopic (exact) mass is 350 g/mol. The average Bonchev–Trinajstić information content (AvgIpc) is 3.03. The van der Waals surface area contributed by atoms with Crippen LogP contribution in [0.4, 0.5) is 5.88 Å². The Bertz CT molecular complexity index is 788. The molecule has 1 unspecified atom stereocenters. The lowest BCUT2D eigenvalue weighted by atomic mass is 9.83. The number of ether oxygens (including phenoxy) is 2. The number of carbonyl (C=O) groups is 2. The van der Waals surface area contributed by atoms with Crippen molar-refractivity contribution in [3.8, 4) is 0 Å². The van der Waals surface area contributed by atoms with Gasteiger partial charge in [0.2, 0.25) is 0 Å². The van der Waals surface area contributed by atoms with Crippen molar-refractivity contribution in [2.24, 2.45) is 0 Å². The van der Waals surface area contributed by atoms with Crippen LogP contribution in [0, 0.1) is 10.1 Å². The summed E-state index contributed by atoms with van der Waals surface area (Å²) >= 11 is 0. The number of allylic oxidation sites excluding steroid dienone is 2. The molecule has 1 N–H and O–H groups in total. The molecule has 1 aromatic heterocycles. The first-order valence-electron chi connectivity index (χ1n) is 7.49. The third-order valence-corrected chi connectivity index (χ3v) is 3.74. The highest BCUT2D eigenvalue weighted by atomic mass is 16.6. The van der Waals surface area contributed by atoms with E-state index in [1.165, 1.54) is 19.2 Å². The molecule has 25 heavy (non-hydrogen) atoms. The molecule has 0 fully saturated rings. The van der Waals surface area contributed by atoms with Crippen LogP contribution in [-0.4, -0.2) is 30.6 Å². The summed E-state index contributed by atoms with van der Waals surface area (Å²) in [6, 6.07) is 2.52. The van der Waals surface area contributed by atoms with E-state index in [4.69, 9.17) is 13.9 Å². The number of hydrogen-bond acceptors (Lipinski definition) is 8. The van der Waals surface area contributed by atoms with Crippen LogP contribution in [0.15, 0.2) is 39.1 Å². The lowest BCUT2D eigenvalue weighted by Gasteiger charge is -2.28. The second kappa shape index (κ2) is 7.20. The van der Waals surface area contributed by atoms with Crippen molar-refractivity contribution in [3.63, 3.8) is 0 Å². The van der Waals surface area contributed by atoms with Gasteiger partial charge < -0.3 is 19.2 Å². The van der Waals surface area contributed by atoms with E-state index >= 15 is 0 Å². The lowest BCUT2D eigenvalue weighted by molar-refractivity contribution is -0.402. The van der Waals surface area contributed by atoms with E-state index in [-0.39, 0.29) is 23.5 Å². The summed E-state index contributed by atoms with van der Waals surface area (Å²) in [7, 11) is 1.21. The summed E-state index contributed by atoms with van der Waals surface area (Å²) in [6.07, 6.45) is 0. The SMILES string of the molecule is CCOC(=O)C1=C(C)NC(C)=C(C(=O)OC)C1c1ccc([N+](=O)[O-])o1. The van der Waals surface area contributed by atoms with Gasteiger partial charge in [0.15, 0.2) is 0 Å². The molecular weight excluding hydrogens is 332 g/mol. The molecule has 0 saturated heterocycles. The number of rotatable bonds is 5. The zero-order chi connectivity index (χ0) is 18.7. The van der Waals surface area contributed by atoms with Crippen LogP contribution in [0.2, 0.25) is 0 Å². The number of esters is 2. The Kier molecular flexibility index (Phi) is 5.26. The van der Waals surface area contributed by atoms with E-state index in [1.807, 2.05) is 0 Å². The number of nitrogens with zero attached hydrogens (tertiary/aromatic N) is 1. The second-order valence-corrected chi connectivity index (χ2v) is 5.28. The van der Waals surface area contributed by atoms with Crippen LogP contribution in [0.1, 0.15) is 32.4 Å². The van der Waals surface area contributed by atoms with Gasteiger partial charge in [0.25, 0.3) is 0 Å². The van der Waals surface area contributed by atoms with E-state index in [0.717, 1.165) is 0 Å². The van der Waals surface area contributed by atoms with Crippen molar-refractivity contribution >= 4 is 17.8 Å². The van der Waals surface area contributed by atoms with Crippen LogP contribution >= 0.6 is 0 Å². The van der Waals surface area contributed by atoms with Crippen molar-refractivity contribution in [1.29, 1.82) is 0 Å². The molecule has 1 aromatic rings. The van der Waals surface area contributed by atoms with Gasteiger partial charge in [0.05, 0.1) is 36.8 Å². The second-order valence-electron chi connectivity index (χ2n) is 5.28. The van der Waals surface area contributed by atoms with E-state index < -0.39 is 28.7 Å². The van der Waals surface area contributed by atoms with Gasteiger partial charge in [-0.25, -0.2) is 9.59 Å². The van der Waals surface area contributed by atoms with Crippen LogP contribution in [0.5, 0.6) is 0 Å². The fraction of sp³-hybridized carbons (Fsp3) is 0.375. The maximum atomic E-state index is 12.4. The van der Waals surface area contributed by atoms with Crippen molar-refractivity contribution in [3.05, 3.63) is 50.5 Å². The topological polar surface area (TPSA) is 121 Å². The standard InChI is InChI=1S/C16H18N2O7/c1-5-24-16(20)13-9(3)17-8(2)12(15(19)23-4)14(13)10-6-7-11(25-10)18(21)22/h6-7,14,17H,5H2,1-4H3. The molecule has 9 nitrogen and oxygen atoms in total. The Morgan fingerprint density at radius 1 is 1.24 bits per heavy atom. The molecule has 0 radical (unpaired) electrons. The van der Waals surface area contributed by atoms with Crippen molar-refractivity contribution in [2.45, 2.75) is 26.7 Å². The predicted octanol–water partition coefficient (Wildman–Crippen LogP) is 2.16. The number of furan rings is 1. The quantitative estimate of drug-likeness (QED) is 0.487. The molecular formula is C16H18N2O7. The number of carbonyl (C=O) groups excluding carboxylic acids is 2. The molecule has 134 valence electrons. The molecule has 0 saturated carbocycles. The highest BCUT2D eigenvalue weighted by Crippen LogP contribution is 2.40. The number of nitrogens with one attached hydrogen (secondary N) is 1. The van der Waals surface area contributed by atoms with Crippen molar-refractivity contribution < 1.29 is 28.4 Å². The van der Waals surface area contributed by atoms with Gasteiger partial charge in [-0.05, 0) is 26.8 Å². The zero-order valence-corrected chi connectivity index (χ0v) is 14.2. The van der Waals surface area contributed by atoms with Gasteiger partial charge in [-0.15, -0.1) is 0 Å². The molecule has 9 heteroatoms. The summed E-state index contributed by atoms with van der Waals surface area (Å²) in [5, 5.41) is 13.9. The fourth-order valence-corrected chi connectivity index (χ4v) is 2.73. The molecule has 1 aliphatic heterocycles. The Morgan fingerprint density at radius 3 is 2.32 bits per heavy atom. The summed E-state index contributed by atoms with van der Waals surface area (Å²) in [5.74, 6) is -2.71. The highest BCUT2D eigenvalue weighted by Gasteiger charge is 2.40. The van der Waals surface area contributed by atoms with E-state index in [2.05, 4.69) is 5.32 Å². The van der Waals surface area contributed by atoms with E-state index in [9.17, 15) is 19.7 Å². The van der Waals surface area contributed by atoms with Gasteiger partial charge in [-0.2, -0.15) is 0 Å². The number of hydrogen-bond donors (Lipinski definition) is 1. The third-order valence-electron chi connectivity index (χ3n) is 3.74. The zero-order valence-electron chi connectivity index (χ0n) is 14.2. The fourth-order valence-electron chi connectivity index (χ4n) is 2.73. The van der Waals surface area contributed by atoms with Crippen LogP contribution in [0.25, 0.3) is 0 Å². The molecule has 0 spiro atoms. The van der Waals surface area contributed by atoms with Gasteiger partial charge in [0, 0.05) is 11.4 Å². The Morgan fingerprint density at radius 2 is 1.84 bits per heavy atom. The smallest absolute Gasteiger partial charge is 0.433 e. The van der Waals surface area contributed by atoms with Crippen LogP contribution in [0.3, 0.4) is 0 Å². The molecule has 2 heterocycles. The minimum absolute atomic E-state index is 0.0790. The molecule has 2 rings (SSSR count). The number of nitro groups is 1. The largest absolute Gasteiger partial charge is 0.466 e. The molecule has 1 atom stereocenters. The first-order chi connectivity index (χ1) is 11.8. The van der Waals surface area contributed by atoms with Gasteiger partial charge in [-0.1, -0.05) is 0 Å². The molecule has 1 aliphatic rings. The Labute approximate surface area is 143 Å². The molecule has 0 aliphatic carbocycles. The summed E-state index contributed by atoms with van der Waals surface area (Å²) in [4.78, 5) is 34.9. The predicted molar refractivity (Wildman–Crippen MR) is 85.3 cm³/mol. The normalized spacial score (nSPS) is 17.2. The summed E-state index contributed by atoms with van der Waals surface area (Å²) in [6.45, 7) is 5.08. The average molecular weight is 350 g/mol.